The van der Waals surface area contributed by atoms with Gasteiger partial charge in [-0.05, 0) is 23.6 Å². The first-order chi connectivity index (χ1) is 9.83. The molecule has 0 aliphatic rings. The number of nitrogen functional groups attached to an aromatic ring is 1. The van der Waals surface area contributed by atoms with Crippen molar-refractivity contribution in [3.8, 4) is 22.0 Å². The zero-order valence-electron chi connectivity index (χ0n) is 10.4. The Balaban J connectivity index is 1.99. The summed E-state index contributed by atoms with van der Waals surface area (Å²) in [6.45, 7) is 0. The van der Waals surface area contributed by atoms with Crippen LogP contribution in [0.4, 0.5) is 5.69 Å². The predicted octanol–water partition coefficient (Wildman–Crippen LogP) is 3.77. The number of aromatic nitrogens is 3. The van der Waals surface area contributed by atoms with Gasteiger partial charge in [-0.2, -0.15) is 0 Å². The van der Waals surface area contributed by atoms with Crippen LogP contribution in [0.25, 0.3) is 26.9 Å². The number of fused-ring (bicyclic) bond motifs is 1. The monoisotopic (exact) mass is 298 g/mol. The Morgan fingerprint density at radius 2 is 2.00 bits per heavy atom. The molecule has 0 aliphatic carbocycles. The number of nitrogens with two attached hydrogens (primary N) is 1. The zero-order valence-corrected chi connectivity index (χ0v) is 12.0. The van der Waals surface area contributed by atoms with Crippen LogP contribution in [0.1, 0.15) is 0 Å². The second kappa shape index (κ2) is 4.43. The molecule has 2 N–H and O–H groups in total. The third-order valence-corrected chi connectivity index (χ3v) is 4.78. The standard InChI is InChI=1S/C14H10N4S2/c15-10-4-1-3-9(7-10)13-16-17-14-18(13)11(8-20-14)12-5-2-6-19-12/h1-8H,15H2. The summed E-state index contributed by atoms with van der Waals surface area (Å²) >= 11 is 3.31. The van der Waals surface area contributed by atoms with Crippen LogP contribution < -0.4 is 5.73 Å². The van der Waals surface area contributed by atoms with E-state index in [4.69, 9.17) is 5.73 Å². The molecule has 20 heavy (non-hydrogen) atoms. The summed E-state index contributed by atoms with van der Waals surface area (Å²) in [6.07, 6.45) is 0. The number of benzene rings is 1. The van der Waals surface area contributed by atoms with Crippen LogP contribution in [-0.2, 0) is 0 Å². The molecule has 4 aromatic rings. The van der Waals surface area contributed by atoms with Gasteiger partial charge in [0, 0.05) is 16.6 Å². The van der Waals surface area contributed by atoms with E-state index in [-0.39, 0.29) is 0 Å². The Hall–Kier alpha value is -2.18. The van der Waals surface area contributed by atoms with E-state index >= 15 is 0 Å². The molecule has 4 rings (SSSR count). The van der Waals surface area contributed by atoms with Crippen LogP contribution in [0.2, 0.25) is 0 Å². The molecule has 3 aromatic heterocycles. The van der Waals surface area contributed by atoms with Gasteiger partial charge in [-0.15, -0.1) is 32.9 Å². The van der Waals surface area contributed by atoms with E-state index in [1.165, 1.54) is 4.88 Å². The van der Waals surface area contributed by atoms with E-state index in [9.17, 15) is 0 Å². The molecule has 1 aromatic carbocycles. The Kier molecular flexibility index (Phi) is 2.58. The highest BCUT2D eigenvalue weighted by Gasteiger charge is 2.15. The molecule has 0 fully saturated rings. The summed E-state index contributed by atoms with van der Waals surface area (Å²) in [6, 6.07) is 11.9. The number of nitrogens with zero attached hydrogens (tertiary/aromatic N) is 3. The predicted molar refractivity (Wildman–Crippen MR) is 84.0 cm³/mol. The second-order valence-electron chi connectivity index (χ2n) is 4.37. The minimum absolute atomic E-state index is 0.729. The van der Waals surface area contributed by atoms with Gasteiger partial charge in [0.15, 0.2) is 5.82 Å². The minimum atomic E-state index is 0.729. The highest BCUT2D eigenvalue weighted by atomic mass is 32.1. The van der Waals surface area contributed by atoms with Crippen LogP contribution in [-0.4, -0.2) is 14.6 Å². The summed E-state index contributed by atoms with van der Waals surface area (Å²) in [4.78, 5) is 2.10. The second-order valence-corrected chi connectivity index (χ2v) is 6.15. The summed E-state index contributed by atoms with van der Waals surface area (Å²) in [7, 11) is 0. The van der Waals surface area contributed by atoms with Crippen LogP contribution >= 0.6 is 22.7 Å². The first-order valence-electron chi connectivity index (χ1n) is 6.05. The molecule has 0 aliphatic heterocycles. The first kappa shape index (κ1) is 11.6. The van der Waals surface area contributed by atoms with E-state index in [1.54, 1.807) is 22.7 Å². The number of rotatable bonds is 2. The SMILES string of the molecule is Nc1cccc(-c2nnc3scc(-c4cccs4)n23)c1. The van der Waals surface area contributed by atoms with Gasteiger partial charge in [0.25, 0.3) is 0 Å². The fourth-order valence-corrected chi connectivity index (χ4v) is 3.82. The highest BCUT2D eigenvalue weighted by molar-refractivity contribution is 7.16. The summed E-state index contributed by atoms with van der Waals surface area (Å²) in [5, 5.41) is 12.7. The average molecular weight is 298 g/mol. The van der Waals surface area contributed by atoms with Crippen molar-refractivity contribution in [2.45, 2.75) is 0 Å². The Morgan fingerprint density at radius 1 is 1.05 bits per heavy atom. The molecule has 4 nitrogen and oxygen atoms in total. The molecule has 0 unspecified atom stereocenters. The topological polar surface area (TPSA) is 56.2 Å². The molecule has 0 bridgehead atoms. The van der Waals surface area contributed by atoms with Crippen molar-refractivity contribution in [2.75, 3.05) is 5.73 Å². The quantitative estimate of drug-likeness (QED) is 0.573. The van der Waals surface area contributed by atoms with Crippen molar-refractivity contribution >= 4 is 33.3 Å². The van der Waals surface area contributed by atoms with Crippen molar-refractivity contribution in [1.29, 1.82) is 0 Å². The van der Waals surface area contributed by atoms with Gasteiger partial charge < -0.3 is 5.73 Å². The smallest absolute Gasteiger partial charge is 0.217 e. The average Bonchev–Trinajstić information content (AvgIpc) is 3.15. The lowest BCUT2D eigenvalue weighted by Crippen LogP contribution is -1.91. The van der Waals surface area contributed by atoms with E-state index < -0.39 is 0 Å². The van der Waals surface area contributed by atoms with Crippen LogP contribution in [0.3, 0.4) is 0 Å². The molecule has 0 amide bonds. The Bertz CT molecular complexity index is 874. The third-order valence-electron chi connectivity index (χ3n) is 3.07. The molecule has 0 saturated carbocycles. The van der Waals surface area contributed by atoms with E-state index in [2.05, 4.69) is 31.4 Å². The van der Waals surface area contributed by atoms with Gasteiger partial charge in [-0.1, -0.05) is 18.2 Å². The molecule has 0 radical (unpaired) electrons. The van der Waals surface area contributed by atoms with E-state index in [1.807, 2.05) is 30.3 Å². The third kappa shape index (κ3) is 1.73. The van der Waals surface area contributed by atoms with Gasteiger partial charge in [0.2, 0.25) is 4.96 Å². The molecule has 0 atom stereocenters. The summed E-state index contributed by atoms with van der Waals surface area (Å²) in [5.41, 5.74) is 8.70. The number of thiazole rings is 1. The number of hydrogen-bond donors (Lipinski definition) is 1. The van der Waals surface area contributed by atoms with Crippen molar-refractivity contribution in [2.24, 2.45) is 0 Å². The first-order valence-corrected chi connectivity index (χ1v) is 7.81. The van der Waals surface area contributed by atoms with E-state index in [0.717, 1.165) is 27.7 Å². The molecular formula is C14H10N4S2. The van der Waals surface area contributed by atoms with Crippen molar-refractivity contribution < 1.29 is 0 Å². The maximum absolute atomic E-state index is 5.86. The normalized spacial score (nSPS) is 11.2. The molecule has 0 saturated heterocycles. The fraction of sp³-hybridized carbons (Fsp3) is 0. The molecule has 3 heterocycles. The maximum Gasteiger partial charge on any atom is 0.217 e. The van der Waals surface area contributed by atoms with Gasteiger partial charge in [-0.3, -0.25) is 4.40 Å². The van der Waals surface area contributed by atoms with Crippen LogP contribution in [0.5, 0.6) is 0 Å². The summed E-state index contributed by atoms with van der Waals surface area (Å²) < 4.78 is 2.09. The van der Waals surface area contributed by atoms with Crippen molar-refractivity contribution in [1.82, 2.24) is 14.6 Å². The molecule has 6 heteroatoms. The van der Waals surface area contributed by atoms with Gasteiger partial charge in [-0.25, -0.2) is 0 Å². The van der Waals surface area contributed by atoms with E-state index in [0.29, 0.717) is 0 Å². The summed E-state index contributed by atoms with van der Waals surface area (Å²) in [5.74, 6) is 0.831. The van der Waals surface area contributed by atoms with Crippen LogP contribution in [0.15, 0.2) is 47.2 Å². The number of thiophene rings is 1. The minimum Gasteiger partial charge on any atom is -0.399 e. The van der Waals surface area contributed by atoms with Gasteiger partial charge in [0.05, 0.1) is 10.6 Å². The van der Waals surface area contributed by atoms with Gasteiger partial charge in [0.1, 0.15) is 0 Å². The lowest BCUT2D eigenvalue weighted by molar-refractivity contribution is 1.11. The Labute approximate surface area is 123 Å². The van der Waals surface area contributed by atoms with Crippen LogP contribution in [0, 0.1) is 0 Å². The molecule has 98 valence electrons. The van der Waals surface area contributed by atoms with Crippen molar-refractivity contribution in [3.63, 3.8) is 0 Å². The lowest BCUT2D eigenvalue weighted by atomic mass is 10.2. The highest BCUT2D eigenvalue weighted by Crippen LogP contribution is 2.32. The number of hydrogen-bond acceptors (Lipinski definition) is 5. The zero-order chi connectivity index (χ0) is 13.5. The van der Waals surface area contributed by atoms with Gasteiger partial charge >= 0.3 is 0 Å². The Morgan fingerprint density at radius 3 is 2.80 bits per heavy atom. The largest absolute Gasteiger partial charge is 0.399 e. The molecule has 0 spiro atoms. The number of anilines is 1. The lowest BCUT2D eigenvalue weighted by Gasteiger charge is -2.02. The fourth-order valence-electron chi connectivity index (χ4n) is 2.18. The molecular weight excluding hydrogens is 288 g/mol. The van der Waals surface area contributed by atoms with Crippen molar-refractivity contribution in [3.05, 3.63) is 47.2 Å². The maximum atomic E-state index is 5.86.